The molecule has 0 spiro atoms. The molecule has 2 aromatic rings. The summed E-state index contributed by atoms with van der Waals surface area (Å²) in [5, 5.41) is 3.88. The third-order valence-corrected chi connectivity index (χ3v) is 4.27. The van der Waals surface area contributed by atoms with Gasteiger partial charge in [0, 0.05) is 30.0 Å². The molecule has 25 heavy (non-hydrogen) atoms. The molecule has 0 unspecified atom stereocenters. The van der Waals surface area contributed by atoms with Gasteiger partial charge in [-0.05, 0) is 54.5 Å². The normalized spacial score (nSPS) is 13.9. The Morgan fingerprint density at radius 1 is 1.28 bits per heavy atom. The summed E-state index contributed by atoms with van der Waals surface area (Å²) in [4.78, 5) is 11.2. The van der Waals surface area contributed by atoms with E-state index in [2.05, 4.69) is 52.4 Å². The highest BCUT2D eigenvalue weighted by Crippen LogP contribution is 2.21. The second kappa shape index (κ2) is 8.17. The minimum Gasteiger partial charge on any atom is -0.374 e. The van der Waals surface area contributed by atoms with E-state index in [0.29, 0.717) is 11.0 Å². The summed E-state index contributed by atoms with van der Waals surface area (Å²) < 4.78 is 0. The van der Waals surface area contributed by atoms with Crippen LogP contribution < -0.4 is 5.32 Å². The topological polar surface area (TPSA) is 41.1 Å². The van der Waals surface area contributed by atoms with Crippen molar-refractivity contribution >= 4 is 28.8 Å². The fraction of sp³-hybridized carbons (Fsp3) is 0.300. The monoisotopic (exact) mass is 354 g/mol. The molecule has 0 aliphatic carbocycles. The molecule has 1 N–H and O–H groups in total. The zero-order valence-electron chi connectivity index (χ0n) is 14.6. The SMILES string of the molecule is CC(C)CCN1C=CC(c2ccnc(Nc3cccc(Cl)c3)n2)=CC1. The van der Waals surface area contributed by atoms with Crippen molar-refractivity contribution in [1.29, 1.82) is 0 Å². The summed E-state index contributed by atoms with van der Waals surface area (Å²) >= 11 is 6.02. The molecule has 0 bridgehead atoms. The third-order valence-electron chi connectivity index (χ3n) is 4.04. The Morgan fingerprint density at radius 2 is 2.16 bits per heavy atom. The zero-order chi connectivity index (χ0) is 17.6. The summed E-state index contributed by atoms with van der Waals surface area (Å²) in [7, 11) is 0. The minimum atomic E-state index is 0.566. The number of hydrogen-bond donors (Lipinski definition) is 1. The smallest absolute Gasteiger partial charge is 0.227 e. The van der Waals surface area contributed by atoms with Crippen LogP contribution in [-0.2, 0) is 0 Å². The first kappa shape index (κ1) is 17.5. The van der Waals surface area contributed by atoms with E-state index < -0.39 is 0 Å². The van der Waals surface area contributed by atoms with Gasteiger partial charge in [-0.1, -0.05) is 37.6 Å². The minimum absolute atomic E-state index is 0.566. The number of nitrogens with one attached hydrogen (secondary N) is 1. The van der Waals surface area contributed by atoms with Crippen LogP contribution in [0, 0.1) is 5.92 Å². The molecule has 1 aromatic heterocycles. The van der Waals surface area contributed by atoms with Gasteiger partial charge in [0.05, 0.1) is 5.69 Å². The molecule has 1 aromatic carbocycles. The quantitative estimate of drug-likeness (QED) is 0.780. The molecule has 1 aliphatic heterocycles. The molecular weight excluding hydrogens is 332 g/mol. The fourth-order valence-electron chi connectivity index (χ4n) is 2.59. The molecule has 0 saturated heterocycles. The molecule has 0 radical (unpaired) electrons. The lowest BCUT2D eigenvalue weighted by Gasteiger charge is -2.23. The van der Waals surface area contributed by atoms with Crippen LogP contribution in [0.3, 0.4) is 0 Å². The van der Waals surface area contributed by atoms with Gasteiger partial charge in [0.15, 0.2) is 0 Å². The van der Waals surface area contributed by atoms with Crippen molar-refractivity contribution in [2.75, 3.05) is 18.4 Å². The van der Waals surface area contributed by atoms with E-state index in [-0.39, 0.29) is 0 Å². The van der Waals surface area contributed by atoms with Crippen LogP contribution in [0.25, 0.3) is 5.57 Å². The highest BCUT2D eigenvalue weighted by Gasteiger charge is 2.09. The Morgan fingerprint density at radius 3 is 2.88 bits per heavy atom. The van der Waals surface area contributed by atoms with Gasteiger partial charge in [0.25, 0.3) is 0 Å². The number of rotatable bonds is 6. The lowest BCUT2D eigenvalue weighted by Crippen LogP contribution is -2.22. The fourth-order valence-corrected chi connectivity index (χ4v) is 2.78. The van der Waals surface area contributed by atoms with Gasteiger partial charge in [-0.2, -0.15) is 0 Å². The van der Waals surface area contributed by atoms with Gasteiger partial charge in [-0.25, -0.2) is 9.97 Å². The van der Waals surface area contributed by atoms with E-state index in [4.69, 9.17) is 11.6 Å². The molecule has 1 aliphatic rings. The maximum absolute atomic E-state index is 6.02. The largest absolute Gasteiger partial charge is 0.374 e. The second-order valence-electron chi connectivity index (χ2n) is 6.55. The van der Waals surface area contributed by atoms with Crippen LogP contribution >= 0.6 is 11.6 Å². The number of allylic oxidation sites excluding steroid dienone is 2. The maximum Gasteiger partial charge on any atom is 0.227 e. The van der Waals surface area contributed by atoms with Crippen LogP contribution in [0.15, 0.2) is 54.9 Å². The lowest BCUT2D eigenvalue weighted by molar-refractivity contribution is 0.373. The average Bonchev–Trinajstić information content (AvgIpc) is 2.61. The van der Waals surface area contributed by atoms with E-state index in [1.165, 1.54) is 6.42 Å². The summed E-state index contributed by atoms with van der Waals surface area (Å²) in [6.07, 6.45) is 9.47. The molecule has 2 heterocycles. The number of halogens is 1. The Balaban J connectivity index is 1.67. The van der Waals surface area contributed by atoms with Crippen molar-refractivity contribution in [2.24, 2.45) is 5.92 Å². The molecule has 130 valence electrons. The molecule has 0 amide bonds. The van der Waals surface area contributed by atoms with Crippen LogP contribution in [0.5, 0.6) is 0 Å². The molecule has 5 heteroatoms. The first-order valence-electron chi connectivity index (χ1n) is 8.58. The third kappa shape index (κ3) is 5.07. The highest BCUT2D eigenvalue weighted by molar-refractivity contribution is 6.30. The Hall–Kier alpha value is -2.33. The van der Waals surface area contributed by atoms with E-state index in [1.807, 2.05) is 30.3 Å². The van der Waals surface area contributed by atoms with Crippen molar-refractivity contribution in [2.45, 2.75) is 20.3 Å². The summed E-state index contributed by atoms with van der Waals surface area (Å²) in [6, 6.07) is 9.46. The molecule has 4 nitrogen and oxygen atoms in total. The van der Waals surface area contributed by atoms with E-state index >= 15 is 0 Å². The van der Waals surface area contributed by atoms with Crippen LogP contribution in [0.1, 0.15) is 26.0 Å². The van der Waals surface area contributed by atoms with Crippen molar-refractivity contribution in [1.82, 2.24) is 14.9 Å². The van der Waals surface area contributed by atoms with Crippen molar-refractivity contribution in [3.63, 3.8) is 0 Å². The summed E-state index contributed by atoms with van der Waals surface area (Å²) in [6.45, 7) is 6.51. The number of benzene rings is 1. The summed E-state index contributed by atoms with van der Waals surface area (Å²) in [5.74, 6) is 1.29. The molecule has 0 fully saturated rings. The lowest BCUT2D eigenvalue weighted by atomic mass is 10.1. The molecule has 0 atom stereocenters. The maximum atomic E-state index is 6.02. The van der Waals surface area contributed by atoms with Crippen molar-refractivity contribution in [3.05, 3.63) is 65.6 Å². The van der Waals surface area contributed by atoms with Gasteiger partial charge in [0.1, 0.15) is 0 Å². The summed E-state index contributed by atoms with van der Waals surface area (Å²) in [5.41, 5.74) is 2.91. The number of anilines is 2. The Labute approximate surface area is 154 Å². The van der Waals surface area contributed by atoms with Crippen molar-refractivity contribution in [3.8, 4) is 0 Å². The predicted octanol–water partition coefficient (Wildman–Crippen LogP) is 5.13. The van der Waals surface area contributed by atoms with Crippen LogP contribution in [0.4, 0.5) is 11.6 Å². The number of nitrogens with zero attached hydrogens (tertiary/aromatic N) is 3. The van der Waals surface area contributed by atoms with Crippen LogP contribution in [-0.4, -0.2) is 28.0 Å². The second-order valence-corrected chi connectivity index (χ2v) is 6.99. The first-order valence-corrected chi connectivity index (χ1v) is 8.96. The van der Waals surface area contributed by atoms with Gasteiger partial charge in [-0.3, -0.25) is 0 Å². The average molecular weight is 355 g/mol. The zero-order valence-corrected chi connectivity index (χ0v) is 15.4. The van der Waals surface area contributed by atoms with Gasteiger partial charge < -0.3 is 10.2 Å². The predicted molar refractivity (Wildman–Crippen MR) is 105 cm³/mol. The number of aromatic nitrogens is 2. The van der Waals surface area contributed by atoms with Crippen LogP contribution in [0.2, 0.25) is 5.02 Å². The standard InChI is InChI=1S/C20H23ClN4/c1-15(2)7-11-25-12-8-16(9-13-25)19-6-10-22-20(24-19)23-18-5-3-4-17(21)14-18/h3-6,8-10,12,14-15H,7,11,13H2,1-2H3,(H,22,23,24). The highest BCUT2D eigenvalue weighted by atomic mass is 35.5. The van der Waals surface area contributed by atoms with E-state index in [0.717, 1.165) is 36.0 Å². The molecular formula is C20H23ClN4. The van der Waals surface area contributed by atoms with Gasteiger partial charge in [0.2, 0.25) is 5.95 Å². The Bertz CT molecular complexity index is 783. The van der Waals surface area contributed by atoms with E-state index in [1.54, 1.807) is 6.20 Å². The van der Waals surface area contributed by atoms with Gasteiger partial charge >= 0.3 is 0 Å². The van der Waals surface area contributed by atoms with E-state index in [9.17, 15) is 0 Å². The number of hydrogen-bond acceptors (Lipinski definition) is 4. The Kier molecular flexibility index (Phi) is 5.71. The first-order chi connectivity index (χ1) is 12.1. The molecule has 3 rings (SSSR count). The van der Waals surface area contributed by atoms with Gasteiger partial charge in [-0.15, -0.1) is 0 Å². The molecule has 0 saturated carbocycles. The van der Waals surface area contributed by atoms with Crippen molar-refractivity contribution < 1.29 is 0 Å².